The summed E-state index contributed by atoms with van der Waals surface area (Å²) in [4.78, 5) is 0. The van der Waals surface area contributed by atoms with Crippen LogP contribution in [-0.2, 0) is 0 Å². The van der Waals surface area contributed by atoms with Gasteiger partial charge in [-0.1, -0.05) is 0 Å². The van der Waals surface area contributed by atoms with Crippen LogP contribution in [0.1, 0.15) is 0 Å². The van der Waals surface area contributed by atoms with E-state index in [9.17, 15) is 0 Å². The van der Waals surface area contributed by atoms with Crippen LogP contribution in [0.3, 0.4) is 0 Å². The van der Waals surface area contributed by atoms with E-state index in [4.69, 9.17) is 0 Å². The molecule has 0 N–H and O–H groups in total. The molecular formula is Br2CaNa+. The van der Waals surface area contributed by atoms with Crippen molar-refractivity contribution in [3.63, 3.8) is 0 Å². The smallest absolute Gasteiger partial charge is 1.00 e. The molecule has 16 valence electrons. The van der Waals surface area contributed by atoms with Crippen molar-refractivity contribution in [3.8, 4) is 0 Å². The molecule has 0 aromatic heterocycles. The fraction of sp³-hybridized carbons (Fsp3) is 0. The van der Waals surface area contributed by atoms with Crippen LogP contribution < -0.4 is 63.5 Å². The van der Waals surface area contributed by atoms with Gasteiger partial charge in [0.2, 0.25) is 0 Å². The van der Waals surface area contributed by atoms with Crippen molar-refractivity contribution in [1.29, 1.82) is 0 Å². The molecule has 0 atom stereocenters. The average Bonchev–Trinajstić information content (AvgIpc) is 0. The van der Waals surface area contributed by atoms with Crippen LogP contribution >= 0.6 is 0 Å². The summed E-state index contributed by atoms with van der Waals surface area (Å²) in [7, 11) is 0. The zero-order chi connectivity index (χ0) is 0. The Bertz CT molecular complexity index is 6.00. The van der Waals surface area contributed by atoms with Gasteiger partial charge in [-0.25, -0.2) is 0 Å². The van der Waals surface area contributed by atoms with Gasteiger partial charge in [0, 0.05) is 0 Å². The summed E-state index contributed by atoms with van der Waals surface area (Å²) in [6.45, 7) is 0. The Hall–Kier alpha value is 3.22. The Morgan fingerprint density at radius 2 is 0.750 bits per heavy atom. The van der Waals surface area contributed by atoms with Crippen molar-refractivity contribution >= 4 is 37.7 Å². The number of rotatable bonds is 0. The zero-order valence-electron chi connectivity index (χ0n) is 2.46. The van der Waals surface area contributed by atoms with Gasteiger partial charge in [0.05, 0.1) is 0 Å². The topological polar surface area (TPSA) is 0 Å². The SMILES string of the molecule is [Br-].[Br-].[Ca+2].[Na+]. The summed E-state index contributed by atoms with van der Waals surface area (Å²) < 4.78 is 0. The monoisotopic (exact) mass is 221 g/mol. The first-order valence-electron chi connectivity index (χ1n) is 0. The van der Waals surface area contributed by atoms with Gasteiger partial charge >= 0.3 is 67.3 Å². The minimum atomic E-state index is 0. The second kappa shape index (κ2) is 16.3. The molecule has 0 fully saturated rings. The standard InChI is InChI=1S/2BrH.Ca.Na/h2*1H;;/q;;+2;+1/p-2. The van der Waals surface area contributed by atoms with Gasteiger partial charge in [-0.2, -0.15) is 0 Å². The first-order chi connectivity index (χ1) is 0. The van der Waals surface area contributed by atoms with Gasteiger partial charge in [-0.05, 0) is 0 Å². The predicted molar refractivity (Wildman–Crippen MR) is 5.75 cm³/mol. The molecule has 0 aromatic carbocycles. The first kappa shape index (κ1) is 26.9. The van der Waals surface area contributed by atoms with Gasteiger partial charge in [-0.3, -0.25) is 0 Å². The summed E-state index contributed by atoms with van der Waals surface area (Å²) >= 11 is 0. The molecule has 0 aromatic rings. The van der Waals surface area contributed by atoms with E-state index in [-0.39, 0.29) is 101 Å². The summed E-state index contributed by atoms with van der Waals surface area (Å²) in [5, 5.41) is 0. The van der Waals surface area contributed by atoms with Crippen LogP contribution in [-0.4, -0.2) is 37.7 Å². The van der Waals surface area contributed by atoms with Crippen LogP contribution in [0.15, 0.2) is 0 Å². The summed E-state index contributed by atoms with van der Waals surface area (Å²) in [5.74, 6) is 0. The molecule has 0 saturated carbocycles. The molecule has 0 nitrogen and oxygen atoms in total. The molecule has 0 saturated heterocycles. The Labute approximate surface area is 98.9 Å². The fourth-order valence-electron chi connectivity index (χ4n) is 0. The Morgan fingerprint density at radius 3 is 0.750 bits per heavy atom. The molecule has 0 aliphatic heterocycles. The van der Waals surface area contributed by atoms with Crippen LogP contribution in [0.25, 0.3) is 0 Å². The van der Waals surface area contributed by atoms with E-state index in [1.807, 2.05) is 0 Å². The molecule has 0 radical (unpaired) electrons. The van der Waals surface area contributed by atoms with Gasteiger partial charge < -0.3 is 34.0 Å². The van der Waals surface area contributed by atoms with Crippen molar-refractivity contribution < 1.29 is 63.5 Å². The minimum Gasteiger partial charge on any atom is -1.00 e. The second-order valence-corrected chi connectivity index (χ2v) is 0. The molecule has 0 heterocycles. The van der Waals surface area contributed by atoms with E-state index in [1.54, 1.807) is 0 Å². The van der Waals surface area contributed by atoms with E-state index in [2.05, 4.69) is 0 Å². The van der Waals surface area contributed by atoms with E-state index in [0.717, 1.165) is 0 Å². The van der Waals surface area contributed by atoms with Gasteiger partial charge in [-0.15, -0.1) is 0 Å². The molecule has 4 heteroatoms. The average molecular weight is 223 g/mol. The third-order valence-electron chi connectivity index (χ3n) is 0. The third kappa shape index (κ3) is 8.97. The van der Waals surface area contributed by atoms with Gasteiger partial charge in [0.25, 0.3) is 0 Å². The predicted octanol–water partition coefficient (Wildman–Crippen LogP) is -9.37. The van der Waals surface area contributed by atoms with Crippen LogP contribution in [0.4, 0.5) is 0 Å². The largest absolute Gasteiger partial charge is 2.00 e. The Balaban J connectivity index is 0. The minimum absolute atomic E-state index is 0. The molecule has 0 aliphatic rings. The Morgan fingerprint density at radius 1 is 0.750 bits per heavy atom. The number of hydrogen-bond acceptors (Lipinski definition) is 0. The molecular weight excluding hydrogens is 223 g/mol. The van der Waals surface area contributed by atoms with E-state index in [0.29, 0.717) is 0 Å². The maximum atomic E-state index is 0. The molecule has 4 heavy (non-hydrogen) atoms. The molecule has 0 amide bonds. The normalized spacial score (nSPS) is 0. The molecule has 0 spiro atoms. The van der Waals surface area contributed by atoms with E-state index < -0.39 is 0 Å². The number of halogens is 2. The molecule has 0 rings (SSSR count). The maximum Gasteiger partial charge on any atom is 2.00 e. The maximum absolute atomic E-state index is 0. The Kier molecular flexibility index (Phi) is 110. The van der Waals surface area contributed by atoms with Crippen LogP contribution in [0, 0.1) is 0 Å². The van der Waals surface area contributed by atoms with Crippen molar-refractivity contribution in [2.45, 2.75) is 0 Å². The summed E-state index contributed by atoms with van der Waals surface area (Å²) in [6.07, 6.45) is 0. The fourth-order valence-corrected chi connectivity index (χ4v) is 0. The molecule has 0 bridgehead atoms. The zero-order valence-corrected chi connectivity index (χ0v) is 9.84. The van der Waals surface area contributed by atoms with Crippen LogP contribution in [0.5, 0.6) is 0 Å². The number of hydrogen-bond donors (Lipinski definition) is 0. The molecule has 0 unspecified atom stereocenters. The molecule has 0 aliphatic carbocycles. The first-order valence-corrected chi connectivity index (χ1v) is 0. The second-order valence-electron chi connectivity index (χ2n) is 0. The van der Waals surface area contributed by atoms with Crippen molar-refractivity contribution in [3.05, 3.63) is 0 Å². The van der Waals surface area contributed by atoms with Crippen molar-refractivity contribution in [2.24, 2.45) is 0 Å². The summed E-state index contributed by atoms with van der Waals surface area (Å²) in [6, 6.07) is 0. The summed E-state index contributed by atoms with van der Waals surface area (Å²) in [5.41, 5.74) is 0. The van der Waals surface area contributed by atoms with Gasteiger partial charge in [0.1, 0.15) is 0 Å². The van der Waals surface area contributed by atoms with Crippen molar-refractivity contribution in [1.82, 2.24) is 0 Å². The third-order valence-corrected chi connectivity index (χ3v) is 0. The van der Waals surface area contributed by atoms with Crippen molar-refractivity contribution in [2.75, 3.05) is 0 Å². The van der Waals surface area contributed by atoms with Crippen LogP contribution in [0.2, 0.25) is 0 Å². The van der Waals surface area contributed by atoms with E-state index >= 15 is 0 Å². The van der Waals surface area contributed by atoms with Gasteiger partial charge in [0.15, 0.2) is 0 Å². The quantitative estimate of drug-likeness (QED) is 0.358. The van der Waals surface area contributed by atoms with E-state index in [1.165, 1.54) is 0 Å².